The van der Waals surface area contributed by atoms with Crippen molar-refractivity contribution in [1.82, 2.24) is 4.98 Å². The van der Waals surface area contributed by atoms with Gasteiger partial charge in [0.15, 0.2) is 0 Å². The normalized spacial score (nSPS) is 10.6. The fourth-order valence-electron chi connectivity index (χ4n) is 2.75. The number of hydrogen-bond acceptors (Lipinski definition) is 3. The van der Waals surface area contributed by atoms with Crippen molar-refractivity contribution in [3.05, 3.63) is 89.2 Å². The lowest BCUT2D eigenvalue weighted by Crippen LogP contribution is -2.17. The summed E-state index contributed by atoms with van der Waals surface area (Å²) in [5.74, 6) is -0.214. The molecule has 0 atom stereocenters. The summed E-state index contributed by atoms with van der Waals surface area (Å²) in [5.41, 5.74) is 4.14. The summed E-state index contributed by atoms with van der Waals surface area (Å²) in [6.45, 7) is 6.15. The summed E-state index contributed by atoms with van der Waals surface area (Å²) < 4.78 is 0. The van der Waals surface area contributed by atoms with Crippen LogP contribution >= 0.6 is 0 Å². The molecule has 5 nitrogen and oxygen atoms in total. The lowest BCUT2D eigenvalue weighted by atomic mass is 10.0. The van der Waals surface area contributed by atoms with Gasteiger partial charge < -0.3 is 10.6 Å². The number of rotatable bonds is 5. The first-order valence-electron chi connectivity index (χ1n) is 9.18. The fourth-order valence-corrected chi connectivity index (χ4v) is 2.75. The number of pyridine rings is 1. The Kier molecular flexibility index (Phi) is 5.84. The molecule has 0 spiro atoms. The Morgan fingerprint density at radius 3 is 2.29 bits per heavy atom. The molecule has 2 N–H and O–H groups in total. The van der Waals surface area contributed by atoms with E-state index in [1.54, 1.807) is 6.07 Å². The minimum Gasteiger partial charge on any atom is -0.322 e. The predicted octanol–water partition coefficient (Wildman–Crippen LogP) is 5.02. The lowest BCUT2D eigenvalue weighted by Gasteiger charge is -2.10. The van der Waals surface area contributed by atoms with Gasteiger partial charge in [-0.05, 0) is 54.3 Å². The monoisotopic (exact) mass is 373 g/mol. The van der Waals surface area contributed by atoms with Crippen molar-refractivity contribution >= 4 is 23.2 Å². The van der Waals surface area contributed by atoms with Crippen molar-refractivity contribution in [1.29, 1.82) is 0 Å². The van der Waals surface area contributed by atoms with Crippen LogP contribution in [0.5, 0.6) is 0 Å². The third kappa shape index (κ3) is 4.62. The molecular weight excluding hydrogens is 350 g/mol. The summed E-state index contributed by atoms with van der Waals surface area (Å²) in [5, 5.41) is 5.68. The number of amides is 2. The molecular formula is C23H23N3O2. The second-order valence-electron chi connectivity index (χ2n) is 6.93. The van der Waals surface area contributed by atoms with Crippen LogP contribution in [0.15, 0.2) is 66.9 Å². The number of anilines is 2. The van der Waals surface area contributed by atoms with Gasteiger partial charge in [-0.1, -0.05) is 44.2 Å². The molecule has 0 aliphatic rings. The maximum atomic E-state index is 12.5. The number of nitrogens with zero attached hydrogens (tertiary/aromatic N) is 1. The lowest BCUT2D eigenvalue weighted by molar-refractivity contribution is 0.102. The summed E-state index contributed by atoms with van der Waals surface area (Å²) in [7, 11) is 0. The molecule has 3 rings (SSSR count). The highest BCUT2D eigenvalue weighted by atomic mass is 16.2. The van der Waals surface area contributed by atoms with Gasteiger partial charge in [0.05, 0.1) is 0 Å². The number of carbonyl (C=O) groups excluding carboxylic acids is 2. The van der Waals surface area contributed by atoms with E-state index in [0.717, 1.165) is 11.3 Å². The summed E-state index contributed by atoms with van der Waals surface area (Å²) in [6.07, 6.45) is 1.46. The van der Waals surface area contributed by atoms with Crippen molar-refractivity contribution in [3.63, 3.8) is 0 Å². The van der Waals surface area contributed by atoms with Gasteiger partial charge in [-0.3, -0.25) is 14.6 Å². The van der Waals surface area contributed by atoms with Gasteiger partial charge in [-0.2, -0.15) is 0 Å². The molecule has 2 aromatic carbocycles. The summed E-state index contributed by atoms with van der Waals surface area (Å²) in [6, 6.07) is 18.3. The van der Waals surface area contributed by atoms with E-state index < -0.39 is 0 Å². The van der Waals surface area contributed by atoms with Gasteiger partial charge in [-0.25, -0.2) is 0 Å². The van der Waals surface area contributed by atoms with Crippen LogP contribution in [0, 0.1) is 6.92 Å². The molecule has 0 fully saturated rings. The van der Waals surface area contributed by atoms with Gasteiger partial charge in [-0.15, -0.1) is 0 Å². The molecule has 0 bridgehead atoms. The molecule has 5 heteroatoms. The number of aryl methyl sites for hydroxylation is 1. The number of nitrogens with one attached hydrogen (secondary N) is 2. The first-order chi connectivity index (χ1) is 13.4. The van der Waals surface area contributed by atoms with Crippen molar-refractivity contribution in [3.8, 4) is 0 Å². The molecule has 0 aliphatic heterocycles. The van der Waals surface area contributed by atoms with E-state index in [4.69, 9.17) is 0 Å². The SMILES string of the molecule is Cc1ccccc1NC(=O)c1cc(C(=O)Nc2ccc(C(C)C)cc2)ccn1. The number of carbonyl (C=O) groups is 2. The molecule has 1 aromatic heterocycles. The number of benzene rings is 2. The van der Waals surface area contributed by atoms with Crippen LogP contribution < -0.4 is 10.6 Å². The van der Waals surface area contributed by atoms with Gasteiger partial charge in [0.1, 0.15) is 5.69 Å². The fraction of sp³-hybridized carbons (Fsp3) is 0.174. The largest absolute Gasteiger partial charge is 0.322 e. The van der Waals surface area contributed by atoms with Crippen LogP contribution in [0.25, 0.3) is 0 Å². The maximum Gasteiger partial charge on any atom is 0.274 e. The number of hydrogen-bond donors (Lipinski definition) is 2. The second kappa shape index (κ2) is 8.48. The maximum absolute atomic E-state index is 12.5. The van der Waals surface area contributed by atoms with Crippen molar-refractivity contribution in [2.45, 2.75) is 26.7 Å². The Labute approximate surface area is 164 Å². The smallest absolute Gasteiger partial charge is 0.274 e. The third-order valence-corrected chi connectivity index (χ3v) is 4.48. The molecule has 1 heterocycles. The predicted molar refractivity (Wildman–Crippen MR) is 112 cm³/mol. The van der Waals surface area contributed by atoms with Crippen molar-refractivity contribution < 1.29 is 9.59 Å². The van der Waals surface area contributed by atoms with Crippen LogP contribution in [0.4, 0.5) is 11.4 Å². The van der Waals surface area contributed by atoms with Crippen molar-refractivity contribution in [2.24, 2.45) is 0 Å². The Bertz CT molecular complexity index is 995. The number of aromatic nitrogens is 1. The number of para-hydroxylation sites is 1. The van der Waals surface area contributed by atoms with Gasteiger partial charge in [0.2, 0.25) is 0 Å². The zero-order chi connectivity index (χ0) is 20.1. The average molecular weight is 373 g/mol. The van der Waals surface area contributed by atoms with E-state index in [2.05, 4.69) is 29.5 Å². The Balaban J connectivity index is 1.72. The van der Waals surface area contributed by atoms with Crippen LogP contribution in [0.3, 0.4) is 0 Å². The minimum absolute atomic E-state index is 0.186. The quantitative estimate of drug-likeness (QED) is 0.660. The van der Waals surface area contributed by atoms with E-state index >= 15 is 0 Å². The Morgan fingerprint density at radius 2 is 1.61 bits per heavy atom. The minimum atomic E-state index is -0.356. The van der Waals surface area contributed by atoms with Crippen LogP contribution in [0.1, 0.15) is 51.7 Å². The molecule has 0 unspecified atom stereocenters. The van der Waals surface area contributed by atoms with Gasteiger partial charge >= 0.3 is 0 Å². The first-order valence-corrected chi connectivity index (χ1v) is 9.18. The molecule has 2 amide bonds. The summed E-state index contributed by atoms with van der Waals surface area (Å²) in [4.78, 5) is 29.1. The van der Waals surface area contributed by atoms with Gasteiger partial charge in [0, 0.05) is 23.1 Å². The molecule has 3 aromatic rings. The highest BCUT2D eigenvalue weighted by Crippen LogP contribution is 2.18. The second-order valence-corrected chi connectivity index (χ2v) is 6.93. The first kappa shape index (κ1) is 19.3. The standard InChI is InChI=1S/C23H23N3O2/c1-15(2)17-8-10-19(11-9-17)25-22(27)18-12-13-24-21(14-18)23(28)26-20-7-5-4-6-16(20)3/h4-15H,1-3H3,(H,25,27)(H,26,28). The molecule has 142 valence electrons. The average Bonchev–Trinajstić information content (AvgIpc) is 2.70. The van der Waals surface area contributed by atoms with Crippen LogP contribution in [-0.2, 0) is 0 Å². The van der Waals surface area contributed by atoms with E-state index in [1.807, 2.05) is 55.5 Å². The van der Waals surface area contributed by atoms with Crippen LogP contribution in [-0.4, -0.2) is 16.8 Å². The molecule has 0 saturated carbocycles. The molecule has 0 aliphatic carbocycles. The molecule has 0 radical (unpaired) electrons. The van der Waals surface area contributed by atoms with Crippen molar-refractivity contribution in [2.75, 3.05) is 10.6 Å². The van der Waals surface area contributed by atoms with Gasteiger partial charge in [0.25, 0.3) is 11.8 Å². The summed E-state index contributed by atoms with van der Waals surface area (Å²) >= 11 is 0. The Morgan fingerprint density at radius 1 is 0.893 bits per heavy atom. The van der Waals surface area contributed by atoms with E-state index in [9.17, 15) is 9.59 Å². The zero-order valence-electron chi connectivity index (χ0n) is 16.2. The van der Waals surface area contributed by atoms with E-state index in [0.29, 0.717) is 17.2 Å². The third-order valence-electron chi connectivity index (χ3n) is 4.48. The molecule has 0 saturated heterocycles. The Hall–Kier alpha value is -3.47. The van der Waals surface area contributed by atoms with E-state index in [1.165, 1.54) is 17.8 Å². The highest BCUT2D eigenvalue weighted by Gasteiger charge is 2.13. The highest BCUT2D eigenvalue weighted by molar-refractivity contribution is 6.08. The van der Waals surface area contributed by atoms with E-state index in [-0.39, 0.29) is 17.5 Å². The molecule has 28 heavy (non-hydrogen) atoms. The topological polar surface area (TPSA) is 71.1 Å². The zero-order valence-corrected chi connectivity index (χ0v) is 16.2. The van der Waals surface area contributed by atoms with Crippen LogP contribution in [0.2, 0.25) is 0 Å².